The molecule has 0 saturated heterocycles. The SMILES string of the molecule is O=Cc1cccc(Cl)c1Oc1cc(Br)cc(F)c1F. The van der Waals surface area contributed by atoms with E-state index in [9.17, 15) is 13.6 Å². The summed E-state index contributed by atoms with van der Waals surface area (Å²) in [6.45, 7) is 0. The van der Waals surface area contributed by atoms with Crippen LogP contribution in [0.25, 0.3) is 0 Å². The van der Waals surface area contributed by atoms with Gasteiger partial charge >= 0.3 is 0 Å². The fraction of sp³-hybridized carbons (Fsp3) is 0. The number of halogens is 4. The molecule has 0 saturated carbocycles. The topological polar surface area (TPSA) is 26.3 Å². The van der Waals surface area contributed by atoms with Crippen LogP contribution in [0.1, 0.15) is 10.4 Å². The quantitative estimate of drug-likeness (QED) is 0.578. The van der Waals surface area contributed by atoms with Gasteiger partial charge in [0.05, 0.1) is 10.6 Å². The number of carbonyl (C=O) groups excluding carboxylic acids is 1. The molecule has 0 atom stereocenters. The van der Waals surface area contributed by atoms with Crippen LogP contribution in [-0.4, -0.2) is 6.29 Å². The molecule has 98 valence electrons. The highest BCUT2D eigenvalue weighted by Gasteiger charge is 2.15. The predicted octanol–water partition coefficient (Wildman–Crippen LogP) is 4.99. The summed E-state index contributed by atoms with van der Waals surface area (Å²) in [5, 5.41) is 0.129. The molecule has 0 aliphatic heterocycles. The van der Waals surface area contributed by atoms with Gasteiger partial charge in [0.25, 0.3) is 0 Å². The van der Waals surface area contributed by atoms with Gasteiger partial charge in [-0.05, 0) is 24.3 Å². The summed E-state index contributed by atoms with van der Waals surface area (Å²) < 4.78 is 32.3. The van der Waals surface area contributed by atoms with E-state index in [1.807, 2.05) is 0 Å². The first-order valence-corrected chi connectivity index (χ1v) is 6.26. The second kappa shape index (κ2) is 5.67. The van der Waals surface area contributed by atoms with Crippen LogP contribution in [0.2, 0.25) is 5.02 Å². The van der Waals surface area contributed by atoms with E-state index in [4.69, 9.17) is 16.3 Å². The van der Waals surface area contributed by atoms with Gasteiger partial charge < -0.3 is 4.74 Å². The molecule has 0 bridgehead atoms. The van der Waals surface area contributed by atoms with Crippen molar-refractivity contribution in [2.24, 2.45) is 0 Å². The standard InChI is InChI=1S/C13H6BrClF2O2/c14-8-4-10(16)12(17)11(5-8)19-13-7(6-18)2-1-3-9(13)15/h1-6H. The summed E-state index contributed by atoms with van der Waals surface area (Å²) in [7, 11) is 0. The molecule has 0 aliphatic carbocycles. The number of benzene rings is 2. The van der Waals surface area contributed by atoms with E-state index >= 15 is 0 Å². The van der Waals surface area contributed by atoms with Crippen molar-refractivity contribution in [1.82, 2.24) is 0 Å². The molecule has 0 heterocycles. The number of aldehydes is 1. The summed E-state index contributed by atoms with van der Waals surface area (Å²) in [6, 6.07) is 6.71. The lowest BCUT2D eigenvalue weighted by Crippen LogP contribution is -1.96. The molecule has 2 aromatic carbocycles. The van der Waals surface area contributed by atoms with Gasteiger partial charge in [0, 0.05) is 4.47 Å². The minimum absolute atomic E-state index is 0.0180. The number of carbonyl (C=O) groups is 1. The van der Waals surface area contributed by atoms with Crippen LogP contribution in [0.4, 0.5) is 8.78 Å². The van der Waals surface area contributed by atoms with Gasteiger partial charge in [0.2, 0.25) is 5.82 Å². The lowest BCUT2D eigenvalue weighted by Gasteiger charge is -2.11. The van der Waals surface area contributed by atoms with Crippen LogP contribution in [0.3, 0.4) is 0 Å². The van der Waals surface area contributed by atoms with Crippen molar-refractivity contribution >= 4 is 33.8 Å². The summed E-state index contributed by atoms with van der Waals surface area (Å²) in [6.07, 6.45) is 0.521. The van der Waals surface area contributed by atoms with Crippen molar-refractivity contribution in [3.8, 4) is 11.5 Å². The molecular weight excluding hydrogens is 341 g/mol. The fourth-order valence-corrected chi connectivity index (χ4v) is 2.07. The van der Waals surface area contributed by atoms with E-state index in [1.54, 1.807) is 6.07 Å². The van der Waals surface area contributed by atoms with Crippen molar-refractivity contribution < 1.29 is 18.3 Å². The van der Waals surface area contributed by atoms with E-state index < -0.39 is 11.6 Å². The first-order valence-electron chi connectivity index (χ1n) is 5.09. The van der Waals surface area contributed by atoms with Crippen LogP contribution in [0.5, 0.6) is 11.5 Å². The van der Waals surface area contributed by atoms with Gasteiger partial charge in [0.1, 0.15) is 0 Å². The van der Waals surface area contributed by atoms with Crippen molar-refractivity contribution in [2.75, 3.05) is 0 Å². The highest BCUT2D eigenvalue weighted by Crippen LogP contribution is 2.35. The van der Waals surface area contributed by atoms with E-state index in [1.165, 1.54) is 18.2 Å². The molecule has 0 amide bonds. The van der Waals surface area contributed by atoms with Gasteiger partial charge in [-0.1, -0.05) is 33.6 Å². The van der Waals surface area contributed by atoms with Crippen molar-refractivity contribution in [3.05, 3.63) is 57.0 Å². The zero-order chi connectivity index (χ0) is 14.0. The highest BCUT2D eigenvalue weighted by atomic mass is 79.9. The Labute approximate surface area is 121 Å². The Morgan fingerprint density at radius 3 is 2.68 bits per heavy atom. The van der Waals surface area contributed by atoms with Gasteiger partial charge in [-0.3, -0.25) is 4.79 Å². The van der Waals surface area contributed by atoms with Crippen molar-refractivity contribution in [1.29, 1.82) is 0 Å². The second-order valence-electron chi connectivity index (χ2n) is 3.58. The molecule has 2 aromatic rings. The average Bonchev–Trinajstić information content (AvgIpc) is 2.37. The zero-order valence-electron chi connectivity index (χ0n) is 9.29. The molecule has 0 spiro atoms. The smallest absolute Gasteiger partial charge is 0.201 e. The van der Waals surface area contributed by atoms with E-state index in [0.717, 1.165) is 6.07 Å². The molecule has 0 N–H and O–H groups in total. The monoisotopic (exact) mass is 346 g/mol. The van der Waals surface area contributed by atoms with Crippen molar-refractivity contribution in [2.45, 2.75) is 0 Å². The maximum atomic E-state index is 13.6. The van der Waals surface area contributed by atoms with Crippen LogP contribution in [0.15, 0.2) is 34.8 Å². The van der Waals surface area contributed by atoms with E-state index in [-0.39, 0.29) is 22.1 Å². The number of ether oxygens (including phenoxy) is 1. The Bertz CT molecular complexity index is 647. The first kappa shape index (κ1) is 14.0. The van der Waals surface area contributed by atoms with Gasteiger partial charge in [-0.25, -0.2) is 4.39 Å². The lowest BCUT2D eigenvalue weighted by molar-refractivity contribution is 0.112. The molecule has 0 fully saturated rings. The summed E-state index contributed by atoms with van der Waals surface area (Å²) in [4.78, 5) is 10.9. The summed E-state index contributed by atoms with van der Waals surface area (Å²) in [5.74, 6) is -2.59. The Balaban J connectivity index is 2.50. The molecule has 2 rings (SSSR count). The van der Waals surface area contributed by atoms with Crippen LogP contribution < -0.4 is 4.74 Å². The normalized spacial score (nSPS) is 10.3. The molecule has 2 nitrogen and oxygen atoms in total. The third-order valence-electron chi connectivity index (χ3n) is 2.30. The van der Waals surface area contributed by atoms with E-state index in [2.05, 4.69) is 15.9 Å². The number of rotatable bonds is 3. The first-order chi connectivity index (χ1) is 9.02. The largest absolute Gasteiger partial charge is 0.452 e. The Kier molecular flexibility index (Phi) is 4.17. The number of hydrogen-bond donors (Lipinski definition) is 0. The van der Waals surface area contributed by atoms with Gasteiger partial charge in [-0.2, -0.15) is 4.39 Å². The maximum Gasteiger partial charge on any atom is 0.201 e. The maximum absolute atomic E-state index is 13.6. The third kappa shape index (κ3) is 2.93. The Morgan fingerprint density at radius 1 is 1.26 bits per heavy atom. The molecule has 0 aliphatic rings. The van der Waals surface area contributed by atoms with Gasteiger partial charge in [0.15, 0.2) is 23.6 Å². The molecule has 0 aromatic heterocycles. The Hall–Kier alpha value is -1.46. The summed E-state index contributed by atoms with van der Waals surface area (Å²) in [5.41, 5.74) is 0.146. The molecule has 6 heteroatoms. The average molecular weight is 348 g/mol. The fourth-order valence-electron chi connectivity index (χ4n) is 1.44. The molecule has 0 unspecified atom stereocenters. The van der Waals surface area contributed by atoms with Crippen LogP contribution >= 0.6 is 27.5 Å². The van der Waals surface area contributed by atoms with Crippen LogP contribution in [0, 0.1) is 11.6 Å². The van der Waals surface area contributed by atoms with Crippen molar-refractivity contribution in [3.63, 3.8) is 0 Å². The minimum Gasteiger partial charge on any atom is -0.452 e. The number of para-hydroxylation sites is 1. The Morgan fingerprint density at radius 2 is 2.00 bits per heavy atom. The minimum atomic E-state index is -1.15. The van der Waals surface area contributed by atoms with Crippen LogP contribution in [-0.2, 0) is 0 Å². The third-order valence-corrected chi connectivity index (χ3v) is 3.05. The zero-order valence-corrected chi connectivity index (χ0v) is 11.6. The highest BCUT2D eigenvalue weighted by molar-refractivity contribution is 9.10. The lowest BCUT2D eigenvalue weighted by atomic mass is 10.2. The molecule has 19 heavy (non-hydrogen) atoms. The van der Waals surface area contributed by atoms with Gasteiger partial charge in [-0.15, -0.1) is 0 Å². The molecule has 0 radical (unpaired) electrons. The van der Waals surface area contributed by atoms with E-state index in [0.29, 0.717) is 10.8 Å². The number of hydrogen-bond acceptors (Lipinski definition) is 2. The molecular formula is C13H6BrClF2O2. The summed E-state index contributed by atoms with van der Waals surface area (Å²) >= 11 is 8.90. The predicted molar refractivity (Wildman–Crippen MR) is 71.0 cm³/mol. The second-order valence-corrected chi connectivity index (χ2v) is 4.90.